The average molecular weight is 509 g/mol. The van der Waals surface area contributed by atoms with E-state index in [1.165, 1.54) is 11.8 Å². The largest absolute Gasteiger partial charge is 0.495 e. The number of thioether (sulfide) groups is 1. The molecule has 0 bridgehead atoms. The topological polar surface area (TPSA) is 78.3 Å². The van der Waals surface area contributed by atoms with Crippen LogP contribution in [-0.4, -0.2) is 33.5 Å². The van der Waals surface area contributed by atoms with Crippen LogP contribution in [0.15, 0.2) is 71.9 Å². The monoisotopic (exact) mass is 508 g/mol. The van der Waals surface area contributed by atoms with Crippen LogP contribution >= 0.6 is 23.4 Å². The van der Waals surface area contributed by atoms with Crippen molar-refractivity contribution in [2.24, 2.45) is 0 Å². The number of halogens is 1. The third-order valence-corrected chi connectivity index (χ3v) is 6.37. The number of aromatic nitrogens is 3. The van der Waals surface area contributed by atoms with Crippen molar-refractivity contribution in [3.63, 3.8) is 0 Å². The van der Waals surface area contributed by atoms with Gasteiger partial charge in [0.05, 0.1) is 17.9 Å². The molecule has 0 fully saturated rings. The molecule has 0 radical (unpaired) electrons. The molecule has 1 aromatic heterocycles. The van der Waals surface area contributed by atoms with Gasteiger partial charge in [-0.1, -0.05) is 58.8 Å². The zero-order valence-corrected chi connectivity index (χ0v) is 21.2. The number of amides is 1. The van der Waals surface area contributed by atoms with Crippen molar-refractivity contribution in [3.8, 4) is 17.2 Å². The smallest absolute Gasteiger partial charge is 0.234 e. The SMILES string of the molecule is COc1ccc(NC(=O)CSc2nnc(COc3ccc(C)cc3)n2-c2ccc(C)cc2)cc1Cl. The normalized spacial score (nSPS) is 10.7. The summed E-state index contributed by atoms with van der Waals surface area (Å²) in [6.07, 6.45) is 0. The zero-order chi connectivity index (χ0) is 24.8. The predicted molar refractivity (Wildman–Crippen MR) is 139 cm³/mol. The summed E-state index contributed by atoms with van der Waals surface area (Å²) in [6.45, 7) is 4.30. The lowest BCUT2D eigenvalue weighted by molar-refractivity contribution is -0.113. The zero-order valence-electron chi connectivity index (χ0n) is 19.6. The van der Waals surface area contributed by atoms with Gasteiger partial charge in [0.25, 0.3) is 0 Å². The minimum atomic E-state index is -0.188. The van der Waals surface area contributed by atoms with Gasteiger partial charge in [0.1, 0.15) is 18.1 Å². The van der Waals surface area contributed by atoms with E-state index in [-0.39, 0.29) is 18.3 Å². The second-order valence-electron chi connectivity index (χ2n) is 7.86. The third-order valence-electron chi connectivity index (χ3n) is 5.15. The standard InChI is InChI=1S/C26H25ClN4O3S/c1-17-4-9-20(10-5-17)31-24(15-34-21-11-6-18(2)7-12-21)29-30-26(31)35-16-25(32)28-19-8-13-23(33-3)22(27)14-19/h4-14H,15-16H2,1-3H3,(H,28,32). The summed E-state index contributed by atoms with van der Waals surface area (Å²) in [4.78, 5) is 12.6. The Bertz CT molecular complexity index is 1310. The molecule has 0 unspecified atom stereocenters. The molecule has 0 spiro atoms. The Kier molecular flexibility index (Phi) is 7.94. The van der Waals surface area contributed by atoms with Crippen LogP contribution in [0.4, 0.5) is 5.69 Å². The highest BCUT2D eigenvalue weighted by Gasteiger charge is 2.17. The van der Waals surface area contributed by atoms with Crippen LogP contribution < -0.4 is 14.8 Å². The van der Waals surface area contributed by atoms with E-state index in [9.17, 15) is 4.79 Å². The Morgan fingerprint density at radius 3 is 2.34 bits per heavy atom. The highest BCUT2D eigenvalue weighted by Crippen LogP contribution is 2.28. The van der Waals surface area contributed by atoms with Gasteiger partial charge in [-0.3, -0.25) is 9.36 Å². The van der Waals surface area contributed by atoms with Gasteiger partial charge in [-0.2, -0.15) is 0 Å². The molecule has 35 heavy (non-hydrogen) atoms. The number of carbonyl (C=O) groups excluding carboxylic acids is 1. The van der Waals surface area contributed by atoms with E-state index in [4.69, 9.17) is 21.1 Å². The molecular weight excluding hydrogens is 484 g/mol. The average Bonchev–Trinajstić information content (AvgIpc) is 3.26. The Morgan fingerprint density at radius 1 is 1.00 bits per heavy atom. The molecule has 1 amide bonds. The van der Waals surface area contributed by atoms with Crippen LogP contribution in [0.3, 0.4) is 0 Å². The molecule has 0 aliphatic carbocycles. The van der Waals surface area contributed by atoms with Gasteiger partial charge < -0.3 is 14.8 Å². The van der Waals surface area contributed by atoms with E-state index < -0.39 is 0 Å². The van der Waals surface area contributed by atoms with Crippen LogP contribution in [0, 0.1) is 13.8 Å². The minimum Gasteiger partial charge on any atom is -0.495 e. The van der Waals surface area contributed by atoms with E-state index >= 15 is 0 Å². The molecule has 9 heteroatoms. The second kappa shape index (κ2) is 11.3. The Balaban J connectivity index is 1.49. The molecular formula is C26H25ClN4O3S. The lowest BCUT2D eigenvalue weighted by atomic mass is 10.2. The van der Waals surface area contributed by atoms with Crippen molar-refractivity contribution in [1.29, 1.82) is 0 Å². The van der Waals surface area contributed by atoms with E-state index in [2.05, 4.69) is 15.5 Å². The number of hydrogen-bond acceptors (Lipinski definition) is 6. The fourth-order valence-electron chi connectivity index (χ4n) is 3.29. The summed E-state index contributed by atoms with van der Waals surface area (Å²) < 4.78 is 13.0. The van der Waals surface area contributed by atoms with Crippen LogP contribution in [0.5, 0.6) is 11.5 Å². The van der Waals surface area contributed by atoms with Gasteiger partial charge in [-0.15, -0.1) is 10.2 Å². The number of methoxy groups -OCH3 is 1. The maximum Gasteiger partial charge on any atom is 0.234 e. The first-order chi connectivity index (χ1) is 16.9. The Hall–Kier alpha value is -3.49. The number of carbonyl (C=O) groups is 1. The number of rotatable bonds is 9. The Labute approximate surface area is 213 Å². The van der Waals surface area contributed by atoms with Crippen molar-refractivity contribution in [1.82, 2.24) is 14.8 Å². The summed E-state index contributed by atoms with van der Waals surface area (Å²) in [5, 5.41) is 12.5. The molecule has 3 aromatic carbocycles. The van der Waals surface area contributed by atoms with Crippen molar-refractivity contribution < 1.29 is 14.3 Å². The predicted octanol–water partition coefficient (Wildman–Crippen LogP) is 5.86. The molecule has 7 nitrogen and oxygen atoms in total. The van der Waals surface area contributed by atoms with Gasteiger partial charge in [-0.25, -0.2) is 0 Å². The van der Waals surface area contributed by atoms with Gasteiger partial charge >= 0.3 is 0 Å². The third kappa shape index (κ3) is 6.35. The first-order valence-corrected chi connectivity index (χ1v) is 12.3. The fraction of sp³-hybridized carbons (Fsp3) is 0.192. The maximum atomic E-state index is 12.6. The molecule has 0 atom stereocenters. The molecule has 0 saturated carbocycles. The summed E-state index contributed by atoms with van der Waals surface area (Å²) in [6, 6.07) is 21.0. The minimum absolute atomic E-state index is 0.145. The number of anilines is 1. The molecule has 4 rings (SSSR count). The van der Waals surface area contributed by atoms with Gasteiger partial charge in [0, 0.05) is 11.4 Å². The lowest BCUT2D eigenvalue weighted by Gasteiger charge is -2.12. The summed E-state index contributed by atoms with van der Waals surface area (Å²) in [5.74, 6) is 1.89. The van der Waals surface area contributed by atoms with Crippen LogP contribution in [0.2, 0.25) is 5.02 Å². The van der Waals surface area contributed by atoms with E-state index in [1.54, 1.807) is 25.3 Å². The molecule has 0 aliphatic rings. The summed E-state index contributed by atoms with van der Waals surface area (Å²) in [5.41, 5.74) is 3.79. The number of hydrogen-bond donors (Lipinski definition) is 1. The number of ether oxygens (including phenoxy) is 2. The van der Waals surface area contributed by atoms with Gasteiger partial charge in [0.2, 0.25) is 5.91 Å². The van der Waals surface area contributed by atoms with Crippen molar-refractivity contribution in [2.45, 2.75) is 25.6 Å². The van der Waals surface area contributed by atoms with E-state index in [0.717, 1.165) is 22.6 Å². The molecule has 0 saturated heterocycles. The van der Waals surface area contributed by atoms with Crippen molar-refractivity contribution in [2.75, 3.05) is 18.2 Å². The quantitative estimate of drug-likeness (QED) is 0.285. The molecule has 4 aromatic rings. The number of nitrogens with zero attached hydrogens (tertiary/aromatic N) is 3. The van der Waals surface area contributed by atoms with Gasteiger partial charge in [0.15, 0.2) is 11.0 Å². The first-order valence-electron chi connectivity index (χ1n) is 10.9. The first kappa shape index (κ1) is 24.6. The van der Waals surface area contributed by atoms with Crippen molar-refractivity contribution >= 4 is 35.0 Å². The number of nitrogens with one attached hydrogen (secondary N) is 1. The van der Waals surface area contributed by atoms with E-state index in [1.807, 2.05) is 66.9 Å². The molecule has 0 aliphatic heterocycles. The van der Waals surface area contributed by atoms with Gasteiger partial charge in [-0.05, 0) is 56.3 Å². The molecule has 1 heterocycles. The maximum absolute atomic E-state index is 12.6. The summed E-state index contributed by atoms with van der Waals surface area (Å²) in [7, 11) is 1.54. The number of aryl methyl sites for hydroxylation is 2. The van der Waals surface area contributed by atoms with Crippen LogP contribution in [0.25, 0.3) is 5.69 Å². The van der Waals surface area contributed by atoms with Crippen LogP contribution in [0.1, 0.15) is 17.0 Å². The second-order valence-corrected chi connectivity index (χ2v) is 9.21. The summed E-state index contributed by atoms with van der Waals surface area (Å²) >= 11 is 7.45. The number of benzene rings is 3. The fourth-order valence-corrected chi connectivity index (χ4v) is 4.32. The lowest BCUT2D eigenvalue weighted by Crippen LogP contribution is -2.15. The molecule has 180 valence electrons. The van der Waals surface area contributed by atoms with Crippen molar-refractivity contribution in [3.05, 3.63) is 88.7 Å². The highest BCUT2D eigenvalue weighted by molar-refractivity contribution is 7.99. The van der Waals surface area contributed by atoms with Crippen LogP contribution in [-0.2, 0) is 11.4 Å². The Morgan fingerprint density at radius 2 is 1.69 bits per heavy atom. The van der Waals surface area contributed by atoms with E-state index in [0.29, 0.717) is 27.4 Å². The molecule has 1 N–H and O–H groups in total. The highest BCUT2D eigenvalue weighted by atomic mass is 35.5.